The van der Waals surface area contributed by atoms with Gasteiger partial charge in [-0.3, -0.25) is 4.90 Å². The smallest absolute Gasteiger partial charge is 0.306 e. The Hall–Kier alpha value is -1.86. The zero-order chi connectivity index (χ0) is 17.2. The van der Waals surface area contributed by atoms with Crippen LogP contribution in [-0.4, -0.2) is 46.3 Å². The van der Waals surface area contributed by atoms with Gasteiger partial charge in [-0.1, -0.05) is 12.1 Å². The van der Waals surface area contributed by atoms with Crippen molar-refractivity contribution in [3.8, 4) is 5.69 Å². The second-order valence-corrected chi connectivity index (χ2v) is 6.29. The average molecular weight is 338 g/mol. The Balaban J connectivity index is 1.60. The van der Waals surface area contributed by atoms with Gasteiger partial charge in [0.2, 0.25) is 0 Å². The van der Waals surface area contributed by atoms with Gasteiger partial charge < -0.3 is 9.88 Å². The quantitative estimate of drug-likeness (QED) is 0.909. The SMILES string of the molecule is C[C@@H](N[C@@H]1CCN(CC(F)(F)F)C1)c1cccc(-n2ccnc2)c1. The van der Waals surface area contributed by atoms with Crippen LogP contribution in [0.2, 0.25) is 0 Å². The number of alkyl halides is 3. The Morgan fingerprint density at radius 2 is 2.21 bits per heavy atom. The van der Waals surface area contributed by atoms with E-state index in [1.807, 2.05) is 35.9 Å². The molecule has 2 atom stereocenters. The Morgan fingerprint density at radius 1 is 1.38 bits per heavy atom. The van der Waals surface area contributed by atoms with Crippen molar-refractivity contribution in [2.45, 2.75) is 31.6 Å². The molecular weight excluding hydrogens is 317 g/mol. The standard InChI is InChI=1S/C17H21F3N4/c1-13(22-15-5-7-23(10-15)11-17(18,19)20)14-3-2-4-16(9-14)24-8-6-21-12-24/h2-4,6,8-9,12-13,15,22H,5,7,10-11H2,1H3/t13-,15-/m1/s1. The topological polar surface area (TPSA) is 33.1 Å². The zero-order valence-corrected chi connectivity index (χ0v) is 13.5. The lowest BCUT2D eigenvalue weighted by Crippen LogP contribution is -2.37. The van der Waals surface area contributed by atoms with E-state index in [1.54, 1.807) is 12.5 Å². The fourth-order valence-corrected chi connectivity index (χ4v) is 3.18. The molecule has 7 heteroatoms. The molecule has 0 saturated carbocycles. The van der Waals surface area contributed by atoms with Crippen molar-refractivity contribution in [3.63, 3.8) is 0 Å². The van der Waals surface area contributed by atoms with Crippen molar-refractivity contribution in [3.05, 3.63) is 48.5 Å². The van der Waals surface area contributed by atoms with Crippen LogP contribution in [0, 0.1) is 0 Å². The van der Waals surface area contributed by atoms with Gasteiger partial charge in [0, 0.05) is 43.3 Å². The van der Waals surface area contributed by atoms with Crippen molar-refractivity contribution < 1.29 is 13.2 Å². The molecule has 0 bridgehead atoms. The van der Waals surface area contributed by atoms with Crippen molar-refractivity contribution in [2.75, 3.05) is 19.6 Å². The third kappa shape index (κ3) is 4.36. The van der Waals surface area contributed by atoms with Crippen LogP contribution >= 0.6 is 0 Å². The molecule has 1 aromatic heterocycles. The summed E-state index contributed by atoms with van der Waals surface area (Å²) in [4.78, 5) is 5.51. The van der Waals surface area contributed by atoms with Gasteiger partial charge >= 0.3 is 6.18 Å². The number of benzene rings is 1. The minimum Gasteiger partial charge on any atom is -0.306 e. The minimum absolute atomic E-state index is 0.0734. The maximum atomic E-state index is 12.5. The summed E-state index contributed by atoms with van der Waals surface area (Å²) in [6.45, 7) is 2.14. The maximum absolute atomic E-state index is 12.5. The van der Waals surface area contributed by atoms with Crippen LogP contribution in [0.3, 0.4) is 0 Å². The normalized spacial score (nSPS) is 20.4. The summed E-state index contributed by atoms with van der Waals surface area (Å²) in [6.07, 6.45) is 1.95. The van der Waals surface area contributed by atoms with E-state index in [0.717, 1.165) is 17.7 Å². The van der Waals surface area contributed by atoms with Crippen LogP contribution < -0.4 is 5.32 Å². The van der Waals surface area contributed by atoms with Gasteiger partial charge in [-0.25, -0.2) is 4.98 Å². The summed E-state index contributed by atoms with van der Waals surface area (Å²) in [5.41, 5.74) is 2.12. The molecule has 1 aliphatic rings. The van der Waals surface area contributed by atoms with E-state index in [2.05, 4.69) is 16.4 Å². The molecule has 1 saturated heterocycles. The monoisotopic (exact) mass is 338 g/mol. The Bertz CT molecular complexity index is 654. The molecule has 130 valence electrons. The molecule has 2 heterocycles. The highest BCUT2D eigenvalue weighted by atomic mass is 19.4. The number of nitrogens with one attached hydrogen (secondary N) is 1. The van der Waals surface area contributed by atoms with Crippen molar-refractivity contribution in [1.29, 1.82) is 0 Å². The van der Waals surface area contributed by atoms with Gasteiger partial charge in [-0.2, -0.15) is 13.2 Å². The first-order valence-corrected chi connectivity index (χ1v) is 8.04. The molecular formula is C17H21F3N4. The number of halogens is 3. The number of nitrogens with zero attached hydrogens (tertiary/aromatic N) is 3. The zero-order valence-electron chi connectivity index (χ0n) is 13.5. The van der Waals surface area contributed by atoms with E-state index in [9.17, 15) is 13.2 Å². The Labute approximate surface area is 139 Å². The van der Waals surface area contributed by atoms with Crippen LogP contribution in [0.15, 0.2) is 43.0 Å². The van der Waals surface area contributed by atoms with Gasteiger partial charge in [0.05, 0.1) is 12.9 Å². The number of hydrogen-bond acceptors (Lipinski definition) is 3. The van der Waals surface area contributed by atoms with Crippen LogP contribution in [0.5, 0.6) is 0 Å². The third-order valence-electron chi connectivity index (χ3n) is 4.33. The number of imidazole rings is 1. The molecule has 0 amide bonds. The molecule has 1 aliphatic heterocycles. The molecule has 1 N–H and O–H groups in total. The number of rotatable bonds is 5. The summed E-state index contributed by atoms with van der Waals surface area (Å²) in [5.74, 6) is 0. The molecule has 3 rings (SSSR count). The van der Waals surface area contributed by atoms with Crippen molar-refractivity contribution >= 4 is 0 Å². The fourth-order valence-electron chi connectivity index (χ4n) is 3.18. The van der Waals surface area contributed by atoms with E-state index < -0.39 is 12.7 Å². The lowest BCUT2D eigenvalue weighted by molar-refractivity contribution is -0.143. The molecule has 0 unspecified atom stereocenters. The van der Waals surface area contributed by atoms with Crippen LogP contribution in [0.4, 0.5) is 13.2 Å². The van der Waals surface area contributed by atoms with E-state index in [1.165, 1.54) is 4.90 Å². The highest BCUT2D eigenvalue weighted by molar-refractivity contribution is 5.37. The first kappa shape index (κ1) is 17.0. The summed E-state index contributed by atoms with van der Waals surface area (Å²) in [5, 5.41) is 3.45. The number of hydrogen-bond donors (Lipinski definition) is 1. The maximum Gasteiger partial charge on any atom is 0.401 e. The lowest BCUT2D eigenvalue weighted by Gasteiger charge is -2.22. The highest BCUT2D eigenvalue weighted by Crippen LogP contribution is 2.22. The van der Waals surface area contributed by atoms with E-state index in [-0.39, 0.29) is 12.1 Å². The summed E-state index contributed by atoms with van der Waals surface area (Å²) < 4.78 is 39.3. The van der Waals surface area contributed by atoms with Crippen LogP contribution in [-0.2, 0) is 0 Å². The van der Waals surface area contributed by atoms with Gasteiger partial charge in [0.15, 0.2) is 0 Å². The lowest BCUT2D eigenvalue weighted by atomic mass is 10.1. The predicted molar refractivity (Wildman–Crippen MR) is 86.0 cm³/mol. The second kappa shape index (κ2) is 6.94. The predicted octanol–water partition coefficient (Wildman–Crippen LogP) is 3.16. The average Bonchev–Trinajstić information content (AvgIpc) is 3.18. The Morgan fingerprint density at radius 3 is 2.92 bits per heavy atom. The largest absolute Gasteiger partial charge is 0.401 e. The first-order valence-electron chi connectivity index (χ1n) is 8.04. The molecule has 0 spiro atoms. The van der Waals surface area contributed by atoms with E-state index >= 15 is 0 Å². The van der Waals surface area contributed by atoms with Crippen molar-refractivity contribution in [1.82, 2.24) is 19.8 Å². The molecule has 4 nitrogen and oxygen atoms in total. The molecule has 0 aliphatic carbocycles. The minimum atomic E-state index is -4.13. The summed E-state index contributed by atoms with van der Waals surface area (Å²) in [6, 6.07) is 8.23. The molecule has 0 radical (unpaired) electrons. The molecule has 1 aromatic carbocycles. The van der Waals surface area contributed by atoms with Crippen LogP contribution in [0.25, 0.3) is 5.69 Å². The van der Waals surface area contributed by atoms with Gasteiger partial charge in [0.1, 0.15) is 0 Å². The third-order valence-corrected chi connectivity index (χ3v) is 4.33. The van der Waals surface area contributed by atoms with Gasteiger partial charge in [-0.05, 0) is 31.0 Å². The number of aromatic nitrogens is 2. The molecule has 2 aromatic rings. The molecule has 1 fully saturated rings. The fraction of sp³-hybridized carbons (Fsp3) is 0.471. The van der Waals surface area contributed by atoms with Gasteiger partial charge in [-0.15, -0.1) is 0 Å². The van der Waals surface area contributed by atoms with Crippen molar-refractivity contribution in [2.24, 2.45) is 0 Å². The highest BCUT2D eigenvalue weighted by Gasteiger charge is 2.34. The second-order valence-electron chi connectivity index (χ2n) is 6.29. The van der Waals surface area contributed by atoms with Crippen LogP contribution in [0.1, 0.15) is 24.9 Å². The summed E-state index contributed by atoms with van der Waals surface area (Å²) >= 11 is 0. The van der Waals surface area contributed by atoms with Gasteiger partial charge in [0.25, 0.3) is 0 Å². The van der Waals surface area contributed by atoms with E-state index in [0.29, 0.717) is 13.1 Å². The Kier molecular flexibility index (Phi) is 4.91. The van der Waals surface area contributed by atoms with E-state index in [4.69, 9.17) is 0 Å². The first-order chi connectivity index (χ1) is 11.4. The molecule has 24 heavy (non-hydrogen) atoms. The number of likely N-dealkylation sites (tertiary alicyclic amines) is 1. The summed E-state index contributed by atoms with van der Waals surface area (Å²) in [7, 11) is 0.